The summed E-state index contributed by atoms with van der Waals surface area (Å²) in [5, 5.41) is 0. The van der Waals surface area contributed by atoms with Gasteiger partial charge in [0.2, 0.25) is 0 Å². The summed E-state index contributed by atoms with van der Waals surface area (Å²) in [6, 6.07) is 36.0. The van der Waals surface area contributed by atoms with Crippen molar-refractivity contribution in [2.75, 3.05) is 0 Å². The zero-order chi connectivity index (χ0) is 43.4. The van der Waals surface area contributed by atoms with Crippen LogP contribution in [0.4, 0.5) is 0 Å². The van der Waals surface area contributed by atoms with Crippen LogP contribution in [0.1, 0.15) is 229 Å². The van der Waals surface area contributed by atoms with Crippen LogP contribution in [-0.4, -0.2) is 0 Å². The Kier molecular flexibility index (Phi) is 38.9. The predicted molar refractivity (Wildman–Crippen MR) is 273 cm³/mol. The molecule has 336 valence electrons. The molecule has 0 saturated carbocycles. The van der Waals surface area contributed by atoms with Crippen molar-refractivity contribution in [3.63, 3.8) is 0 Å². The van der Waals surface area contributed by atoms with Gasteiger partial charge in [0, 0.05) is 0 Å². The fourth-order valence-electron chi connectivity index (χ4n) is 8.43. The average molecular weight is 817 g/mol. The zero-order valence-corrected chi connectivity index (χ0v) is 40.6. The topological polar surface area (TPSA) is 0 Å². The zero-order valence-electron chi connectivity index (χ0n) is 40.6. The largest absolute Gasteiger partial charge is 0.0654 e. The lowest BCUT2D eigenvalue weighted by molar-refractivity contribution is 0.612. The minimum Gasteiger partial charge on any atom is -0.0654 e. The van der Waals surface area contributed by atoms with Crippen molar-refractivity contribution >= 4 is 0 Å². The maximum absolute atomic E-state index is 2.37. The van der Waals surface area contributed by atoms with Crippen LogP contribution in [0.15, 0.2) is 109 Å². The smallest absolute Gasteiger partial charge is 0.0273 e. The van der Waals surface area contributed by atoms with Crippen LogP contribution in [-0.2, 0) is 38.5 Å². The van der Waals surface area contributed by atoms with Gasteiger partial charge in [0.05, 0.1) is 0 Å². The molecule has 60 heavy (non-hydrogen) atoms. The molecule has 0 fully saturated rings. The fourth-order valence-corrected chi connectivity index (χ4v) is 8.43. The van der Waals surface area contributed by atoms with Crippen LogP contribution in [0, 0.1) is 0 Å². The van der Waals surface area contributed by atoms with E-state index in [1.165, 1.54) is 193 Å². The van der Waals surface area contributed by atoms with Crippen molar-refractivity contribution in [2.45, 2.75) is 234 Å². The van der Waals surface area contributed by atoms with E-state index >= 15 is 0 Å². The molecule has 0 unspecified atom stereocenters. The third-order valence-corrected chi connectivity index (χ3v) is 11.9. The first-order chi connectivity index (χ1) is 29.7. The lowest BCUT2D eigenvalue weighted by Crippen LogP contribution is -2.15. The second-order valence-electron chi connectivity index (χ2n) is 17.2. The highest BCUT2D eigenvalue weighted by Crippen LogP contribution is 2.36. The van der Waals surface area contributed by atoms with Crippen molar-refractivity contribution in [3.05, 3.63) is 143 Å². The maximum Gasteiger partial charge on any atom is -0.0273 e. The minimum absolute atomic E-state index is 1.34. The van der Waals surface area contributed by atoms with Crippen LogP contribution in [0.25, 0.3) is 0 Å². The van der Waals surface area contributed by atoms with Gasteiger partial charge in [0.25, 0.3) is 0 Å². The Balaban J connectivity index is 0.000000800. The van der Waals surface area contributed by atoms with E-state index in [4.69, 9.17) is 0 Å². The molecule has 0 radical (unpaired) electrons. The molecule has 0 aliphatic rings. The Morgan fingerprint density at radius 1 is 0.167 bits per heavy atom. The Morgan fingerprint density at radius 2 is 0.283 bits per heavy atom. The molecular weight excluding hydrogens is 721 g/mol. The summed E-state index contributed by atoms with van der Waals surface area (Å²) in [4.78, 5) is 0. The highest BCUT2D eigenvalue weighted by atomic mass is 14.3. The molecule has 4 aromatic rings. The van der Waals surface area contributed by atoms with Gasteiger partial charge in [-0.05, 0) is 110 Å². The molecular formula is C60H96. The fraction of sp³-hybridized carbons (Fsp3) is 0.600. The third kappa shape index (κ3) is 28.4. The molecule has 0 spiro atoms. The average Bonchev–Trinajstić information content (AvgIpc) is 3.30. The van der Waals surface area contributed by atoms with Crippen molar-refractivity contribution in [1.29, 1.82) is 0 Å². The van der Waals surface area contributed by atoms with Crippen molar-refractivity contribution < 1.29 is 0 Å². The van der Waals surface area contributed by atoms with E-state index in [2.05, 4.69) is 41.5 Å². The summed E-state index contributed by atoms with van der Waals surface area (Å²) in [5.41, 5.74) is 11.3. The van der Waals surface area contributed by atoms with Gasteiger partial charge >= 0.3 is 0 Å². The van der Waals surface area contributed by atoms with Crippen molar-refractivity contribution in [3.8, 4) is 0 Å². The predicted octanol–water partition coefficient (Wildman–Crippen LogP) is 19.5. The molecule has 0 aromatic heterocycles. The quantitative estimate of drug-likeness (QED) is 0.0460. The second kappa shape index (κ2) is 42.6. The lowest BCUT2D eigenvalue weighted by Gasteiger charge is -2.28. The SMILES string of the molecule is CCCCCCc1c(CCCCCC)c(CCCCCC)c(CCCCCC)c(CCCCCC)c1CCCCCC.c1ccccc1.c1ccccc1.c1ccccc1. The first kappa shape index (κ1) is 54.9. The molecule has 0 heterocycles. The van der Waals surface area contributed by atoms with E-state index in [-0.39, 0.29) is 0 Å². The van der Waals surface area contributed by atoms with E-state index in [0.717, 1.165) is 0 Å². The molecule has 0 amide bonds. The molecule has 4 rings (SSSR count). The third-order valence-electron chi connectivity index (χ3n) is 11.9. The van der Waals surface area contributed by atoms with E-state index in [9.17, 15) is 0 Å². The molecule has 0 aliphatic heterocycles. The molecule has 0 N–H and O–H groups in total. The highest BCUT2D eigenvalue weighted by molar-refractivity contribution is 5.53. The van der Waals surface area contributed by atoms with E-state index in [0.29, 0.717) is 0 Å². The van der Waals surface area contributed by atoms with Gasteiger partial charge in [0.15, 0.2) is 0 Å². The number of rotatable bonds is 30. The Labute approximate surface area is 375 Å². The minimum atomic E-state index is 1.34. The Hall–Kier alpha value is -3.12. The standard InChI is InChI=1S/C42H78.3C6H6/c1-7-13-19-25-31-37-38(32-26-20-14-8-2)40(34-28-22-16-10-4)42(36-30-24-18-12-6)41(35-29-23-17-11-5)39(37)33-27-21-15-9-3;3*1-2-4-6-5-3-1/h7-36H2,1-6H3;3*1-6H. The van der Waals surface area contributed by atoms with Crippen molar-refractivity contribution in [2.24, 2.45) is 0 Å². The lowest BCUT2D eigenvalue weighted by atomic mass is 9.77. The van der Waals surface area contributed by atoms with Crippen LogP contribution < -0.4 is 0 Å². The van der Waals surface area contributed by atoms with Crippen LogP contribution in [0.2, 0.25) is 0 Å². The van der Waals surface area contributed by atoms with E-state index in [1.807, 2.05) is 143 Å². The number of hydrogen-bond donors (Lipinski definition) is 0. The van der Waals surface area contributed by atoms with Crippen molar-refractivity contribution in [1.82, 2.24) is 0 Å². The molecule has 0 aliphatic carbocycles. The number of hydrogen-bond acceptors (Lipinski definition) is 0. The molecule has 0 bridgehead atoms. The summed E-state index contributed by atoms with van der Waals surface area (Å²) in [7, 11) is 0. The summed E-state index contributed by atoms with van der Waals surface area (Å²) in [5.74, 6) is 0. The van der Waals surface area contributed by atoms with E-state index < -0.39 is 0 Å². The maximum atomic E-state index is 2.37. The molecule has 0 atom stereocenters. The molecule has 4 aromatic carbocycles. The van der Waals surface area contributed by atoms with Gasteiger partial charge in [-0.25, -0.2) is 0 Å². The first-order valence-electron chi connectivity index (χ1n) is 25.9. The summed E-state index contributed by atoms with van der Waals surface area (Å²) in [6.07, 6.45) is 41.5. The normalized spacial score (nSPS) is 10.5. The van der Waals surface area contributed by atoms with Gasteiger partial charge in [-0.15, -0.1) is 0 Å². The van der Waals surface area contributed by atoms with Gasteiger partial charge in [-0.2, -0.15) is 0 Å². The monoisotopic (exact) mass is 817 g/mol. The van der Waals surface area contributed by atoms with Crippen LogP contribution in [0.5, 0.6) is 0 Å². The van der Waals surface area contributed by atoms with E-state index in [1.54, 1.807) is 0 Å². The number of unbranched alkanes of at least 4 members (excludes halogenated alkanes) is 18. The Morgan fingerprint density at radius 3 is 0.383 bits per heavy atom. The van der Waals surface area contributed by atoms with Gasteiger partial charge in [-0.3, -0.25) is 0 Å². The summed E-state index contributed by atoms with van der Waals surface area (Å²) in [6.45, 7) is 14.2. The highest BCUT2D eigenvalue weighted by Gasteiger charge is 2.23. The summed E-state index contributed by atoms with van der Waals surface area (Å²) >= 11 is 0. The second-order valence-corrected chi connectivity index (χ2v) is 17.2. The Bertz CT molecular complexity index is 1070. The van der Waals surface area contributed by atoms with Gasteiger partial charge < -0.3 is 0 Å². The molecule has 0 heteroatoms. The summed E-state index contributed by atoms with van der Waals surface area (Å²) < 4.78 is 0. The molecule has 0 nitrogen and oxygen atoms in total. The van der Waals surface area contributed by atoms with Crippen LogP contribution >= 0.6 is 0 Å². The van der Waals surface area contributed by atoms with Gasteiger partial charge in [-0.1, -0.05) is 266 Å². The molecule has 0 saturated heterocycles. The van der Waals surface area contributed by atoms with Gasteiger partial charge in [0.1, 0.15) is 0 Å². The van der Waals surface area contributed by atoms with Crippen LogP contribution in [0.3, 0.4) is 0 Å². The first-order valence-corrected chi connectivity index (χ1v) is 25.9. The number of benzene rings is 4.